The molecule has 0 saturated heterocycles. The Morgan fingerprint density at radius 3 is 2.77 bits per heavy atom. The van der Waals surface area contributed by atoms with Gasteiger partial charge in [-0.15, -0.1) is 0 Å². The zero-order valence-corrected chi connectivity index (χ0v) is 16.7. The topological polar surface area (TPSA) is 86.9 Å². The summed E-state index contributed by atoms with van der Waals surface area (Å²) >= 11 is 0. The molecular weight excluding hydrogens is 403 g/mol. The molecule has 1 atom stereocenters. The van der Waals surface area contributed by atoms with Crippen molar-refractivity contribution in [1.82, 2.24) is 19.5 Å². The van der Waals surface area contributed by atoms with Crippen LogP contribution < -0.4 is 20.3 Å². The summed E-state index contributed by atoms with van der Waals surface area (Å²) in [5, 5.41) is 7.57. The van der Waals surface area contributed by atoms with Crippen LogP contribution in [0, 0.1) is 5.82 Å². The zero-order valence-electron chi connectivity index (χ0n) is 16.7. The molecular formula is C22H19FN4O4. The lowest BCUT2D eigenvalue weighted by molar-refractivity contribution is -0.122. The second-order valence-corrected chi connectivity index (χ2v) is 7.39. The Bertz CT molecular complexity index is 1380. The van der Waals surface area contributed by atoms with Crippen molar-refractivity contribution >= 4 is 22.3 Å². The van der Waals surface area contributed by atoms with Crippen LogP contribution in [0.25, 0.3) is 16.4 Å². The first kappa shape index (κ1) is 19.1. The van der Waals surface area contributed by atoms with Gasteiger partial charge < -0.3 is 14.8 Å². The Hall–Kier alpha value is -3.88. The molecule has 1 N–H and O–H groups in total. The van der Waals surface area contributed by atoms with Crippen LogP contribution in [-0.4, -0.2) is 33.3 Å². The van der Waals surface area contributed by atoms with Gasteiger partial charge in [-0.25, -0.2) is 9.07 Å². The number of halogens is 1. The number of carbonyl (C=O) groups excluding carboxylic acids is 1. The summed E-state index contributed by atoms with van der Waals surface area (Å²) in [5.74, 6) is 0.578. The lowest BCUT2D eigenvalue weighted by Gasteiger charge is -2.21. The van der Waals surface area contributed by atoms with Crippen LogP contribution in [0.3, 0.4) is 0 Å². The normalized spacial score (nSPS) is 14.0. The van der Waals surface area contributed by atoms with Crippen molar-refractivity contribution < 1.29 is 18.7 Å². The van der Waals surface area contributed by atoms with Crippen molar-refractivity contribution in [1.29, 1.82) is 0 Å². The summed E-state index contributed by atoms with van der Waals surface area (Å²) in [6, 6.07) is 11.1. The number of fused-ring (bicyclic) bond motifs is 4. The fourth-order valence-corrected chi connectivity index (χ4v) is 3.74. The van der Waals surface area contributed by atoms with Crippen LogP contribution in [0.5, 0.6) is 11.5 Å². The number of nitrogens with zero attached hydrogens (tertiary/aromatic N) is 3. The molecule has 31 heavy (non-hydrogen) atoms. The molecule has 1 aliphatic heterocycles. The molecule has 0 radical (unpaired) electrons. The quantitative estimate of drug-likeness (QED) is 0.546. The Morgan fingerprint density at radius 1 is 1.13 bits per heavy atom. The molecule has 9 heteroatoms. The molecule has 3 heterocycles. The number of amides is 1. The number of aromatic nitrogens is 3. The number of carbonyl (C=O) groups is 1. The predicted octanol–water partition coefficient (Wildman–Crippen LogP) is 2.44. The Kier molecular flexibility index (Phi) is 4.58. The minimum atomic E-state index is -0.429. The Balaban J connectivity index is 1.35. The molecule has 0 saturated carbocycles. The zero-order chi connectivity index (χ0) is 21.5. The monoisotopic (exact) mass is 422 g/mol. The molecule has 2 aromatic heterocycles. The van der Waals surface area contributed by atoms with Gasteiger partial charge in [-0.05, 0) is 48.9 Å². The number of nitrogens with one attached hydrogen (secondary N) is 1. The van der Waals surface area contributed by atoms with Gasteiger partial charge in [0.15, 0.2) is 11.5 Å². The van der Waals surface area contributed by atoms with Crippen molar-refractivity contribution in [2.75, 3.05) is 13.2 Å². The van der Waals surface area contributed by atoms with Gasteiger partial charge in [0.1, 0.15) is 37.4 Å². The maximum absolute atomic E-state index is 13.5. The molecule has 0 fully saturated rings. The van der Waals surface area contributed by atoms with Gasteiger partial charge in [-0.3, -0.25) is 14.0 Å². The van der Waals surface area contributed by atoms with Crippen molar-refractivity contribution in [2.45, 2.75) is 19.5 Å². The number of hydrogen-bond acceptors (Lipinski definition) is 5. The maximum atomic E-state index is 13.5. The smallest absolute Gasteiger partial charge is 0.291 e. The van der Waals surface area contributed by atoms with Crippen molar-refractivity contribution in [3.63, 3.8) is 0 Å². The van der Waals surface area contributed by atoms with Gasteiger partial charge in [0, 0.05) is 5.39 Å². The van der Waals surface area contributed by atoms with Crippen LogP contribution in [0.4, 0.5) is 4.39 Å². The molecule has 1 aliphatic rings. The van der Waals surface area contributed by atoms with Gasteiger partial charge >= 0.3 is 0 Å². The maximum Gasteiger partial charge on any atom is 0.291 e. The van der Waals surface area contributed by atoms with Crippen molar-refractivity contribution in [2.24, 2.45) is 0 Å². The average Bonchev–Trinajstić information content (AvgIpc) is 3.13. The predicted molar refractivity (Wildman–Crippen MR) is 111 cm³/mol. The van der Waals surface area contributed by atoms with Gasteiger partial charge in [-0.1, -0.05) is 6.07 Å². The van der Waals surface area contributed by atoms with E-state index in [1.165, 1.54) is 18.5 Å². The van der Waals surface area contributed by atoms with E-state index in [2.05, 4.69) is 10.4 Å². The van der Waals surface area contributed by atoms with Gasteiger partial charge in [0.25, 0.3) is 5.56 Å². The van der Waals surface area contributed by atoms with E-state index in [9.17, 15) is 14.0 Å². The highest BCUT2D eigenvalue weighted by atomic mass is 19.1. The number of hydrogen-bond donors (Lipinski definition) is 1. The van der Waals surface area contributed by atoms with E-state index in [1.807, 2.05) is 25.1 Å². The fourth-order valence-electron chi connectivity index (χ4n) is 3.74. The third-order valence-corrected chi connectivity index (χ3v) is 5.30. The molecule has 158 valence electrons. The minimum absolute atomic E-state index is 0.236. The fraction of sp³-hybridized carbons (Fsp3) is 0.227. The molecule has 5 rings (SSSR count). The number of benzene rings is 2. The molecule has 4 aromatic rings. The largest absolute Gasteiger partial charge is 0.486 e. The summed E-state index contributed by atoms with van der Waals surface area (Å²) in [6.07, 6.45) is 1.45. The van der Waals surface area contributed by atoms with Crippen LogP contribution >= 0.6 is 0 Å². The molecule has 2 aromatic carbocycles. The highest BCUT2D eigenvalue weighted by Crippen LogP contribution is 2.32. The first-order valence-electron chi connectivity index (χ1n) is 9.85. The van der Waals surface area contributed by atoms with E-state index in [-0.39, 0.29) is 24.3 Å². The lowest BCUT2D eigenvalue weighted by Crippen LogP contribution is -2.35. The van der Waals surface area contributed by atoms with Gasteiger partial charge in [0.2, 0.25) is 5.91 Å². The summed E-state index contributed by atoms with van der Waals surface area (Å²) in [7, 11) is 0. The van der Waals surface area contributed by atoms with Crippen LogP contribution in [0.2, 0.25) is 0 Å². The average molecular weight is 422 g/mol. The molecule has 1 unspecified atom stereocenters. The van der Waals surface area contributed by atoms with Crippen molar-refractivity contribution in [3.05, 3.63) is 70.5 Å². The van der Waals surface area contributed by atoms with Crippen molar-refractivity contribution in [3.8, 4) is 11.5 Å². The van der Waals surface area contributed by atoms with E-state index in [1.54, 1.807) is 16.5 Å². The number of ether oxygens (including phenoxy) is 2. The molecule has 8 nitrogen and oxygen atoms in total. The van der Waals surface area contributed by atoms with Crippen LogP contribution in [0.1, 0.15) is 18.5 Å². The van der Waals surface area contributed by atoms with E-state index < -0.39 is 5.56 Å². The second kappa shape index (κ2) is 7.42. The first-order valence-corrected chi connectivity index (χ1v) is 9.85. The minimum Gasteiger partial charge on any atom is -0.486 e. The Labute approximate surface area is 175 Å². The number of rotatable bonds is 4. The van der Waals surface area contributed by atoms with Crippen LogP contribution in [-0.2, 0) is 11.3 Å². The summed E-state index contributed by atoms with van der Waals surface area (Å²) in [5.41, 5.74) is 1.42. The molecule has 0 bridgehead atoms. The highest BCUT2D eigenvalue weighted by molar-refractivity contribution is 5.86. The summed E-state index contributed by atoms with van der Waals surface area (Å²) in [4.78, 5) is 25.4. The van der Waals surface area contributed by atoms with Gasteiger partial charge in [0.05, 0.1) is 11.6 Å². The summed E-state index contributed by atoms with van der Waals surface area (Å²) < 4.78 is 27.3. The van der Waals surface area contributed by atoms with Crippen LogP contribution in [0.15, 0.2) is 53.6 Å². The Morgan fingerprint density at radius 2 is 1.94 bits per heavy atom. The molecule has 1 amide bonds. The first-order chi connectivity index (χ1) is 15.0. The highest BCUT2D eigenvalue weighted by Gasteiger charge is 2.17. The SMILES string of the molecule is CC(NC(=O)Cn1ncn2c(cc3cc(F)ccc32)c1=O)c1ccc2c(c1)OCCO2. The standard InChI is InChI=1S/C22H19FN4O4/c1-13(14-2-5-19-20(10-14)31-7-6-30-19)25-21(28)11-27-22(29)18-9-15-8-16(23)3-4-17(15)26(18)12-24-27/h2-5,8-10,12-13H,6-7,11H2,1H3,(H,25,28). The molecule has 0 spiro atoms. The molecule has 0 aliphatic carbocycles. The van der Waals surface area contributed by atoms with E-state index in [0.717, 1.165) is 10.2 Å². The van der Waals surface area contributed by atoms with E-state index >= 15 is 0 Å². The van der Waals surface area contributed by atoms with E-state index in [0.29, 0.717) is 41.1 Å². The second-order valence-electron chi connectivity index (χ2n) is 7.39. The third kappa shape index (κ3) is 3.48. The lowest BCUT2D eigenvalue weighted by atomic mass is 10.1. The summed E-state index contributed by atoms with van der Waals surface area (Å²) in [6.45, 7) is 2.60. The third-order valence-electron chi connectivity index (χ3n) is 5.30. The van der Waals surface area contributed by atoms with E-state index in [4.69, 9.17) is 9.47 Å². The van der Waals surface area contributed by atoms with Gasteiger partial charge in [-0.2, -0.15) is 5.10 Å².